The Morgan fingerprint density at radius 2 is 1.44 bits per heavy atom. The van der Waals surface area contributed by atoms with Gasteiger partial charge in [-0.3, -0.25) is 0 Å². The molecule has 3 heterocycles. The Morgan fingerprint density at radius 3 is 2.03 bits per heavy atom. The van der Waals surface area contributed by atoms with E-state index in [4.69, 9.17) is 14.7 Å². The largest absolute Gasteiger partial charge is 0.420 e. The molecule has 3 fully saturated rings. The molecule has 5 rings (SSSR count). The number of halogens is 4. The third-order valence-corrected chi connectivity index (χ3v) is 7.66. The van der Waals surface area contributed by atoms with E-state index >= 15 is 0 Å². The Bertz CT molecular complexity index is 1090. The molecule has 0 N–H and O–H groups in total. The zero-order chi connectivity index (χ0) is 25.3. The number of rotatable bonds is 4. The van der Waals surface area contributed by atoms with Crippen LogP contribution in [0.1, 0.15) is 48.3 Å². The van der Waals surface area contributed by atoms with Crippen LogP contribution in [0.15, 0.2) is 36.4 Å². The van der Waals surface area contributed by atoms with Crippen LogP contribution in [0.2, 0.25) is 0 Å². The van der Waals surface area contributed by atoms with Crippen molar-refractivity contribution < 1.29 is 27.0 Å². The van der Waals surface area contributed by atoms with Crippen molar-refractivity contribution in [2.75, 3.05) is 49.2 Å². The summed E-state index contributed by atoms with van der Waals surface area (Å²) in [6.45, 7) is 4.19. The average molecular weight is 504 g/mol. The third-order valence-electron chi connectivity index (χ3n) is 7.66. The van der Waals surface area contributed by atoms with Gasteiger partial charge in [0.05, 0.1) is 30.5 Å². The second-order valence-electron chi connectivity index (χ2n) is 9.72. The molecule has 3 aliphatic heterocycles. The highest BCUT2D eigenvalue weighted by atomic mass is 19.4. The molecule has 5 nitrogen and oxygen atoms in total. The number of piperidine rings is 2. The van der Waals surface area contributed by atoms with Crippen molar-refractivity contribution in [3.63, 3.8) is 0 Å². The van der Waals surface area contributed by atoms with Gasteiger partial charge in [-0.1, -0.05) is 12.1 Å². The van der Waals surface area contributed by atoms with Crippen LogP contribution in [0.5, 0.6) is 0 Å². The first-order valence-electron chi connectivity index (χ1n) is 12.5. The standard InChI is InChI=1S/C27H29F4N3O2/c28-25-23(6-3-21(17-32)24(25)27(29,30)31)34-13-7-19(8-14-34)18-1-4-22(5-2-18)33-11-9-20(10-12-33)26-35-15-16-36-26/h1-6,19-20,26H,7-16H2. The number of nitrogens with zero attached hydrogens (tertiary/aromatic N) is 3. The lowest BCUT2D eigenvalue weighted by Gasteiger charge is -2.36. The van der Waals surface area contributed by atoms with Crippen LogP contribution in [-0.4, -0.2) is 45.7 Å². The van der Waals surface area contributed by atoms with E-state index < -0.39 is 23.1 Å². The number of benzene rings is 2. The Labute approximate surface area is 208 Å². The van der Waals surface area contributed by atoms with Gasteiger partial charge in [-0.25, -0.2) is 4.39 Å². The Morgan fingerprint density at radius 1 is 0.833 bits per heavy atom. The lowest BCUT2D eigenvalue weighted by atomic mass is 9.88. The van der Waals surface area contributed by atoms with Crippen LogP contribution in [0.25, 0.3) is 0 Å². The fourth-order valence-electron chi connectivity index (χ4n) is 5.67. The Kier molecular flexibility index (Phi) is 7.09. The van der Waals surface area contributed by atoms with Crippen molar-refractivity contribution in [3.05, 3.63) is 58.9 Å². The van der Waals surface area contributed by atoms with Crippen LogP contribution in [0, 0.1) is 23.1 Å². The summed E-state index contributed by atoms with van der Waals surface area (Å²) in [6, 6.07) is 12.3. The van der Waals surface area contributed by atoms with E-state index in [1.807, 2.05) is 0 Å². The van der Waals surface area contributed by atoms with Crippen molar-refractivity contribution >= 4 is 11.4 Å². The van der Waals surface area contributed by atoms with E-state index in [2.05, 4.69) is 29.2 Å². The minimum Gasteiger partial charge on any atom is -0.372 e. The first-order chi connectivity index (χ1) is 17.3. The normalized spacial score (nSPS) is 20.6. The fraction of sp³-hybridized carbons (Fsp3) is 0.519. The van der Waals surface area contributed by atoms with E-state index in [0.717, 1.165) is 32.0 Å². The summed E-state index contributed by atoms with van der Waals surface area (Å²) in [5.41, 5.74) is 0.113. The molecule has 0 atom stereocenters. The topological polar surface area (TPSA) is 48.7 Å². The highest BCUT2D eigenvalue weighted by molar-refractivity contribution is 5.57. The van der Waals surface area contributed by atoms with Gasteiger partial charge >= 0.3 is 6.18 Å². The lowest BCUT2D eigenvalue weighted by Crippen LogP contribution is -2.38. The molecule has 0 unspecified atom stereocenters. The molecule has 0 radical (unpaired) electrons. The second kappa shape index (κ2) is 10.3. The predicted molar refractivity (Wildman–Crippen MR) is 127 cm³/mol. The van der Waals surface area contributed by atoms with Gasteiger partial charge in [0.1, 0.15) is 5.56 Å². The SMILES string of the molecule is N#Cc1ccc(N2CCC(c3ccc(N4CCC(C5OCCO5)CC4)cc3)CC2)c(F)c1C(F)(F)F. The molecule has 2 aromatic rings. The lowest BCUT2D eigenvalue weighted by molar-refractivity contribution is -0.140. The van der Waals surface area contributed by atoms with Gasteiger partial charge in [-0.2, -0.15) is 18.4 Å². The van der Waals surface area contributed by atoms with Gasteiger partial charge in [-0.05, 0) is 61.4 Å². The smallest absolute Gasteiger partial charge is 0.372 e. The molecule has 0 amide bonds. The first-order valence-corrected chi connectivity index (χ1v) is 12.5. The Balaban J connectivity index is 1.19. The monoisotopic (exact) mass is 503 g/mol. The van der Waals surface area contributed by atoms with Gasteiger partial charge in [0.25, 0.3) is 0 Å². The zero-order valence-electron chi connectivity index (χ0n) is 19.9. The molecular weight excluding hydrogens is 474 g/mol. The van der Waals surface area contributed by atoms with Crippen LogP contribution >= 0.6 is 0 Å². The maximum absolute atomic E-state index is 14.8. The number of nitriles is 1. The molecule has 3 saturated heterocycles. The highest BCUT2D eigenvalue weighted by Gasteiger charge is 2.39. The number of anilines is 2. The number of ether oxygens (including phenoxy) is 2. The Hall–Kier alpha value is -2.83. The molecule has 0 spiro atoms. The summed E-state index contributed by atoms with van der Waals surface area (Å²) in [4.78, 5) is 4.03. The van der Waals surface area contributed by atoms with E-state index in [1.165, 1.54) is 23.4 Å². The molecule has 3 aliphatic rings. The maximum atomic E-state index is 14.8. The van der Waals surface area contributed by atoms with Crippen molar-refractivity contribution in [1.29, 1.82) is 5.26 Å². The first kappa shape index (κ1) is 24.8. The summed E-state index contributed by atoms with van der Waals surface area (Å²) in [6.07, 6.45) is -1.48. The van der Waals surface area contributed by atoms with Gasteiger partial charge in [-0.15, -0.1) is 0 Å². The van der Waals surface area contributed by atoms with Gasteiger partial charge in [0.15, 0.2) is 12.1 Å². The third kappa shape index (κ3) is 5.02. The summed E-state index contributed by atoms with van der Waals surface area (Å²) < 4.78 is 66.2. The van der Waals surface area contributed by atoms with E-state index in [0.29, 0.717) is 45.1 Å². The average Bonchev–Trinajstić information content (AvgIpc) is 3.43. The van der Waals surface area contributed by atoms with Crippen molar-refractivity contribution in [2.45, 2.75) is 44.1 Å². The molecule has 0 saturated carbocycles. The molecule has 2 aromatic carbocycles. The van der Waals surface area contributed by atoms with Gasteiger partial charge in [0, 0.05) is 37.8 Å². The summed E-state index contributed by atoms with van der Waals surface area (Å²) in [5, 5.41) is 8.98. The van der Waals surface area contributed by atoms with Crippen LogP contribution in [-0.2, 0) is 15.7 Å². The maximum Gasteiger partial charge on any atom is 0.420 e. The molecular formula is C27H29F4N3O2. The number of hydrogen-bond donors (Lipinski definition) is 0. The molecule has 0 bridgehead atoms. The van der Waals surface area contributed by atoms with Crippen molar-refractivity contribution in [3.8, 4) is 6.07 Å². The van der Waals surface area contributed by atoms with Crippen LogP contribution in [0.4, 0.5) is 28.9 Å². The van der Waals surface area contributed by atoms with E-state index in [-0.39, 0.29) is 17.9 Å². The van der Waals surface area contributed by atoms with Gasteiger partial charge < -0.3 is 19.3 Å². The molecule has 192 valence electrons. The molecule has 0 aromatic heterocycles. The van der Waals surface area contributed by atoms with Crippen molar-refractivity contribution in [2.24, 2.45) is 5.92 Å². The minimum absolute atomic E-state index is 0.0572. The molecule has 36 heavy (non-hydrogen) atoms. The second-order valence-corrected chi connectivity index (χ2v) is 9.72. The fourth-order valence-corrected chi connectivity index (χ4v) is 5.67. The van der Waals surface area contributed by atoms with Crippen LogP contribution < -0.4 is 9.80 Å². The molecule has 9 heteroatoms. The quantitative estimate of drug-likeness (QED) is 0.502. The van der Waals surface area contributed by atoms with Gasteiger partial charge in [0.2, 0.25) is 0 Å². The van der Waals surface area contributed by atoms with Crippen LogP contribution in [0.3, 0.4) is 0 Å². The van der Waals surface area contributed by atoms with E-state index in [1.54, 1.807) is 4.90 Å². The summed E-state index contributed by atoms with van der Waals surface area (Å²) in [7, 11) is 0. The predicted octanol–water partition coefficient (Wildman–Crippen LogP) is 5.69. The van der Waals surface area contributed by atoms with E-state index in [9.17, 15) is 17.6 Å². The number of hydrogen-bond acceptors (Lipinski definition) is 5. The van der Waals surface area contributed by atoms with Crippen molar-refractivity contribution in [1.82, 2.24) is 0 Å². The summed E-state index contributed by atoms with van der Waals surface area (Å²) in [5.74, 6) is -0.651. The minimum atomic E-state index is -4.92. The molecule has 0 aliphatic carbocycles. The zero-order valence-corrected chi connectivity index (χ0v) is 19.9. The highest BCUT2D eigenvalue weighted by Crippen LogP contribution is 2.39. The summed E-state index contributed by atoms with van der Waals surface area (Å²) >= 11 is 0. The number of alkyl halides is 3.